The highest BCUT2D eigenvalue weighted by atomic mass is 35.5. The molecule has 2 N–H and O–H groups in total. The van der Waals surface area contributed by atoms with E-state index in [9.17, 15) is 0 Å². The summed E-state index contributed by atoms with van der Waals surface area (Å²) in [7, 11) is 1.53. The van der Waals surface area contributed by atoms with Crippen LogP contribution in [0.25, 0.3) is 22.8 Å². The number of halogens is 2. The Morgan fingerprint density at radius 1 is 0.962 bits per heavy atom. The number of nitrogens with two attached hydrogens (primary N) is 1. The number of methoxy groups -OCH3 is 1. The summed E-state index contributed by atoms with van der Waals surface area (Å²) in [6.07, 6.45) is 0. The summed E-state index contributed by atoms with van der Waals surface area (Å²) in [5.74, 6) is 1.000. The molecule has 0 saturated heterocycles. The number of ether oxygens (including phenoxy) is 1. The highest BCUT2D eigenvalue weighted by Crippen LogP contribution is 2.29. The van der Waals surface area contributed by atoms with Gasteiger partial charge >= 0.3 is 6.01 Å². The van der Waals surface area contributed by atoms with Crippen LogP contribution in [-0.2, 0) is 6.54 Å². The van der Waals surface area contributed by atoms with Crippen LogP contribution in [0.5, 0.6) is 6.01 Å². The molecule has 7 heteroatoms. The molecule has 1 aromatic heterocycles. The zero-order chi connectivity index (χ0) is 18.0. The van der Waals surface area contributed by atoms with Crippen molar-refractivity contribution in [1.29, 1.82) is 0 Å². The first-order valence-electron chi connectivity index (χ1n) is 7.88. The Morgan fingerprint density at radius 3 is 2.35 bits per heavy atom. The maximum absolute atomic E-state index is 6.35. The lowest BCUT2D eigenvalue weighted by Gasteiger charge is -2.10. The van der Waals surface area contributed by atoms with Crippen LogP contribution in [0.4, 0.5) is 0 Å². The van der Waals surface area contributed by atoms with Crippen molar-refractivity contribution in [3.05, 3.63) is 58.1 Å². The molecule has 0 radical (unpaired) electrons. The average Bonchev–Trinajstić information content (AvgIpc) is 2.64. The van der Waals surface area contributed by atoms with E-state index in [1.807, 2.05) is 30.3 Å². The molecule has 5 nitrogen and oxygen atoms in total. The van der Waals surface area contributed by atoms with Gasteiger partial charge in [0.2, 0.25) is 0 Å². The molecule has 0 bridgehead atoms. The maximum atomic E-state index is 6.35. The maximum Gasteiger partial charge on any atom is 0.320 e. The van der Waals surface area contributed by atoms with Crippen LogP contribution in [-0.4, -0.2) is 22.1 Å². The van der Waals surface area contributed by atoms with Gasteiger partial charge in [0.15, 0.2) is 11.6 Å². The first-order valence-corrected chi connectivity index (χ1v) is 8.26. The van der Waals surface area contributed by atoms with Crippen molar-refractivity contribution in [2.45, 2.75) is 20.4 Å². The van der Waals surface area contributed by atoms with Gasteiger partial charge in [0, 0.05) is 17.7 Å². The van der Waals surface area contributed by atoms with Crippen LogP contribution >= 0.6 is 24.0 Å². The van der Waals surface area contributed by atoms with Crippen molar-refractivity contribution in [2.75, 3.05) is 7.11 Å². The first-order chi connectivity index (χ1) is 12.0. The fraction of sp³-hybridized carbons (Fsp3) is 0.211. The monoisotopic (exact) mass is 390 g/mol. The summed E-state index contributed by atoms with van der Waals surface area (Å²) in [6, 6.07) is 11.9. The highest BCUT2D eigenvalue weighted by molar-refractivity contribution is 6.33. The minimum Gasteiger partial charge on any atom is -0.467 e. The molecule has 3 aromatic rings. The van der Waals surface area contributed by atoms with Crippen LogP contribution in [0.1, 0.15) is 16.7 Å². The molecule has 0 saturated carbocycles. The number of nitrogens with zero attached hydrogens (tertiary/aromatic N) is 3. The van der Waals surface area contributed by atoms with Crippen LogP contribution in [0.3, 0.4) is 0 Å². The molecule has 0 spiro atoms. The van der Waals surface area contributed by atoms with E-state index in [4.69, 9.17) is 22.1 Å². The Balaban J connectivity index is 0.00000243. The Bertz CT molecular complexity index is 931. The van der Waals surface area contributed by atoms with Gasteiger partial charge in [-0.2, -0.15) is 9.97 Å². The van der Waals surface area contributed by atoms with E-state index in [2.05, 4.69) is 28.8 Å². The lowest BCUT2D eigenvalue weighted by molar-refractivity contribution is 0.379. The normalized spacial score (nSPS) is 10.3. The van der Waals surface area contributed by atoms with E-state index in [1.54, 1.807) is 6.07 Å². The van der Waals surface area contributed by atoms with Gasteiger partial charge in [-0.25, -0.2) is 4.98 Å². The number of aryl methyl sites for hydroxylation is 2. The van der Waals surface area contributed by atoms with Crippen molar-refractivity contribution in [3.63, 3.8) is 0 Å². The summed E-state index contributed by atoms with van der Waals surface area (Å²) in [6.45, 7) is 4.53. The molecule has 0 aliphatic carbocycles. The number of aromatic nitrogens is 3. The van der Waals surface area contributed by atoms with Crippen LogP contribution < -0.4 is 10.5 Å². The second kappa shape index (κ2) is 8.45. The number of benzene rings is 2. The van der Waals surface area contributed by atoms with Gasteiger partial charge in [-0.05, 0) is 48.7 Å². The van der Waals surface area contributed by atoms with E-state index in [0.717, 1.165) is 11.1 Å². The molecule has 1 heterocycles. The van der Waals surface area contributed by atoms with E-state index in [-0.39, 0.29) is 18.4 Å². The fourth-order valence-corrected chi connectivity index (χ4v) is 2.65. The van der Waals surface area contributed by atoms with Crippen LogP contribution in [0.2, 0.25) is 5.02 Å². The minimum absolute atomic E-state index is 0. The van der Waals surface area contributed by atoms with Gasteiger partial charge in [-0.15, -0.1) is 12.4 Å². The van der Waals surface area contributed by atoms with Crippen molar-refractivity contribution in [1.82, 2.24) is 15.0 Å². The van der Waals surface area contributed by atoms with E-state index < -0.39 is 0 Å². The standard InChI is InChI=1S/C19H19ClN4O.ClH/c1-11-4-6-14(8-12(11)2)17-22-18(24-19(23-17)25-3)15-9-13(10-21)5-7-16(15)20;/h4-9H,10,21H2,1-3H3;1H. The molecular formula is C19H20Cl2N4O. The quantitative estimate of drug-likeness (QED) is 0.715. The van der Waals surface area contributed by atoms with E-state index in [1.165, 1.54) is 18.2 Å². The van der Waals surface area contributed by atoms with Crippen LogP contribution in [0, 0.1) is 13.8 Å². The van der Waals surface area contributed by atoms with Gasteiger partial charge in [-0.3, -0.25) is 0 Å². The topological polar surface area (TPSA) is 73.9 Å². The highest BCUT2D eigenvalue weighted by Gasteiger charge is 2.14. The summed E-state index contributed by atoms with van der Waals surface area (Å²) >= 11 is 6.35. The zero-order valence-electron chi connectivity index (χ0n) is 14.8. The molecular weight excluding hydrogens is 371 g/mol. The molecule has 136 valence electrons. The number of hydrogen-bond acceptors (Lipinski definition) is 5. The summed E-state index contributed by atoms with van der Waals surface area (Å²) in [4.78, 5) is 13.3. The predicted octanol–water partition coefficient (Wildman–Crippen LogP) is 4.36. The van der Waals surface area contributed by atoms with E-state index >= 15 is 0 Å². The van der Waals surface area contributed by atoms with Gasteiger partial charge in [0.1, 0.15) is 0 Å². The Hall–Kier alpha value is -2.21. The molecule has 26 heavy (non-hydrogen) atoms. The third-order valence-corrected chi connectivity index (χ3v) is 4.40. The minimum atomic E-state index is 0. The average molecular weight is 391 g/mol. The largest absolute Gasteiger partial charge is 0.467 e. The number of rotatable bonds is 4. The van der Waals surface area contributed by atoms with Crippen molar-refractivity contribution < 1.29 is 4.74 Å². The summed E-state index contributed by atoms with van der Waals surface area (Å²) in [5, 5.41) is 0.552. The predicted molar refractivity (Wildman–Crippen MR) is 107 cm³/mol. The van der Waals surface area contributed by atoms with Gasteiger partial charge in [0.25, 0.3) is 0 Å². The molecule has 0 aliphatic heterocycles. The fourth-order valence-electron chi connectivity index (χ4n) is 2.45. The SMILES string of the molecule is COc1nc(-c2ccc(C)c(C)c2)nc(-c2cc(CN)ccc2Cl)n1.Cl. The van der Waals surface area contributed by atoms with Gasteiger partial charge < -0.3 is 10.5 Å². The molecule has 0 unspecified atom stereocenters. The van der Waals surface area contributed by atoms with Crippen molar-refractivity contribution in [2.24, 2.45) is 5.73 Å². The Labute approximate surface area is 164 Å². The molecule has 0 fully saturated rings. The third kappa shape index (κ3) is 4.12. The molecule has 2 aromatic carbocycles. The molecule has 0 aliphatic rings. The second-order valence-corrected chi connectivity index (χ2v) is 6.19. The molecule has 0 amide bonds. The molecule has 0 atom stereocenters. The van der Waals surface area contributed by atoms with Gasteiger partial charge in [0.05, 0.1) is 12.1 Å². The Kier molecular flexibility index (Phi) is 6.53. The van der Waals surface area contributed by atoms with Crippen LogP contribution in [0.15, 0.2) is 36.4 Å². The second-order valence-electron chi connectivity index (χ2n) is 5.79. The first kappa shape index (κ1) is 20.1. The number of hydrogen-bond donors (Lipinski definition) is 1. The lowest BCUT2D eigenvalue weighted by Crippen LogP contribution is -2.02. The Morgan fingerprint density at radius 2 is 1.69 bits per heavy atom. The van der Waals surface area contributed by atoms with E-state index in [0.29, 0.717) is 28.8 Å². The summed E-state index contributed by atoms with van der Waals surface area (Å²) in [5.41, 5.74) is 10.7. The smallest absolute Gasteiger partial charge is 0.320 e. The van der Waals surface area contributed by atoms with Crippen molar-refractivity contribution in [3.8, 4) is 28.8 Å². The molecule has 3 rings (SSSR count). The van der Waals surface area contributed by atoms with Crippen molar-refractivity contribution >= 4 is 24.0 Å². The lowest BCUT2D eigenvalue weighted by atomic mass is 10.1. The summed E-state index contributed by atoms with van der Waals surface area (Å²) < 4.78 is 5.26. The zero-order valence-corrected chi connectivity index (χ0v) is 16.4. The van der Waals surface area contributed by atoms with Gasteiger partial charge in [-0.1, -0.05) is 29.8 Å². The third-order valence-electron chi connectivity index (χ3n) is 4.07.